The second-order valence-electron chi connectivity index (χ2n) is 3.37. The molecule has 1 aliphatic rings. The molecule has 2 unspecified atom stereocenters. The SMILES string of the molecule is O=CC1CC(c2cccc(Cl)c2)NN1. The van der Waals surface area contributed by atoms with Gasteiger partial charge in [0.1, 0.15) is 6.29 Å². The Balaban J connectivity index is 2.13. The van der Waals surface area contributed by atoms with E-state index in [0.29, 0.717) is 0 Å². The lowest BCUT2D eigenvalue weighted by Gasteiger charge is -2.09. The van der Waals surface area contributed by atoms with Crippen molar-refractivity contribution in [1.29, 1.82) is 0 Å². The number of aldehydes is 1. The molecule has 0 saturated carbocycles. The third-order valence-corrected chi connectivity index (χ3v) is 2.58. The summed E-state index contributed by atoms with van der Waals surface area (Å²) in [5, 5.41) is 0.721. The molecule has 0 radical (unpaired) electrons. The summed E-state index contributed by atoms with van der Waals surface area (Å²) < 4.78 is 0. The van der Waals surface area contributed by atoms with Crippen LogP contribution in [0.3, 0.4) is 0 Å². The average molecular weight is 211 g/mol. The van der Waals surface area contributed by atoms with Crippen molar-refractivity contribution in [3.63, 3.8) is 0 Å². The van der Waals surface area contributed by atoms with Gasteiger partial charge in [0.2, 0.25) is 0 Å². The monoisotopic (exact) mass is 210 g/mol. The smallest absolute Gasteiger partial charge is 0.138 e. The lowest BCUT2D eigenvalue weighted by molar-refractivity contribution is -0.109. The first-order valence-corrected chi connectivity index (χ1v) is 4.89. The number of hydrazine groups is 1. The van der Waals surface area contributed by atoms with Crippen LogP contribution in [0.15, 0.2) is 24.3 Å². The van der Waals surface area contributed by atoms with E-state index in [2.05, 4.69) is 10.9 Å². The number of benzene rings is 1. The van der Waals surface area contributed by atoms with Crippen LogP contribution in [0.25, 0.3) is 0 Å². The summed E-state index contributed by atoms with van der Waals surface area (Å²) in [5.41, 5.74) is 7.08. The van der Waals surface area contributed by atoms with Gasteiger partial charge in [0, 0.05) is 11.1 Å². The Morgan fingerprint density at radius 2 is 2.29 bits per heavy atom. The van der Waals surface area contributed by atoms with Crippen molar-refractivity contribution in [3.05, 3.63) is 34.9 Å². The standard InChI is InChI=1S/C10H11ClN2O/c11-8-3-1-2-7(4-8)10-5-9(6-14)12-13-10/h1-4,6,9-10,12-13H,5H2. The average Bonchev–Trinajstić information content (AvgIpc) is 2.66. The van der Waals surface area contributed by atoms with Crippen LogP contribution < -0.4 is 10.9 Å². The van der Waals surface area contributed by atoms with Crippen LogP contribution in [0, 0.1) is 0 Å². The number of hydrogen-bond acceptors (Lipinski definition) is 3. The van der Waals surface area contributed by atoms with Crippen LogP contribution in [0.4, 0.5) is 0 Å². The minimum atomic E-state index is -0.0982. The van der Waals surface area contributed by atoms with Crippen molar-refractivity contribution in [1.82, 2.24) is 10.9 Å². The van der Waals surface area contributed by atoms with Crippen molar-refractivity contribution >= 4 is 17.9 Å². The maximum Gasteiger partial charge on any atom is 0.138 e. The molecule has 0 aliphatic carbocycles. The molecule has 4 heteroatoms. The number of nitrogens with one attached hydrogen (secondary N) is 2. The first kappa shape index (κ1) is 9.65. The molecule has 1 aromatic carbocycles. The number of halogens is 1. The summed E-state index contributed by atoms with van der Waals surface area (Å²) in [5.74, 6) is 0. The van der Waals surface area contributed by atoms with E-state index in [0.717, 1.165) is 23.3 Å². The van der Waals surface area contributed by atoms with Crippen LogP contribution in [-0.2, 0) is 4.79 Å². The Kier molecular flexibility index (Phi) is 2.82. The van der Waals surface area contributed by atoms with E-state index < -0.39 is 0 Å². The molecule has 1 heterocycles. The fraction of sp³-hybridized carbons (Fsp3) is 0.300. The molecule has 74 valence electrons. The van der Waals surface area contributed by atoms with E-state index in [1.54, 1.807) is 0 Å². The topological polar surface area (TPSA) is 41.1 Å². The molecule has 0 bridgehead atoms. The summed E-state index contributed by atoms with van der Waals surface area (Å²) in [6, 6.07) is 7.73. The third-order valence-electron chi connectivity index (χ3n) is 2.35. The second kappa shape index (κ2) is 4.09. The van der Waals surface area contributed by atoms with E-state index in [1.807, 2.05) is 24.3 Å². The molecule has 1 fully saturated rings. The van der Waals surface area contributed by atoms with Crippen LogP contribution >= 0.6 is 11.6 Å². The predicted octanol–water partition coefficient (Wildman–Crippen LogP) is 1.45. The normalized spacial score (nSPS) is 26.4. The number of carbonyl (C=O) groups excluding carboxylic acids is 1. The zero-order valence-electron chi connectivity index (χ0n) is 7.53. The highest BCUT2D eigenvalue weighted by Crippen LogP contribution is 2.23. The van der Waals surface area contributed by atoms with Crippen LogP contribution in [0.2, 0.25) is 5.02 Å². The molecule has 1 aromatic rings. The minimum Gasteiger partial charge on any atom is -0.302 e. The van der Waals surface area contributed by atoms with Gasteiger partial charge in [0.05, 0.1) is 6.04 Å². The molecule has 3 nitrogen and oxygen atoms in total. The van der Waals surface area contributed by atoms with E-state index in [9.17, 15) is 4.79 Å². The number of rotatable bonds is 2. The zero-order chi connectivity index (χ0) is 9.97. The van der Waals surface area contributed by atoms with Gasteiger partial charge < -0.3 is 4.79 Å². The van der Waals surface area contributed by atoms with Crippen LogP contribution in [-0.4, -0.2) is 12.3 Å². The third kappa shape index (κ3) is 1.95. The zero-order valence-corrected chi connectivity index (χ0v) is 8.29. The van der Waals surface area contributed by atoms with Crippen molar-refractivity contribution in [3.8, 4) is 0 Å². The van der Waals surface area contributed by atoms with Crippen molar-refractivity contribution in [2.24, 2.45) is 0 Å². The molecular weight excluding hydrogens is 200 g/mol. The summed E-state index contributed by atoms with van der Waals surface area (Å²) in [7, 11) is 0. The molecule has 2 atom stereocenters. The van der Waals surface area contributed by atoms with Crippen LogP contribution in [0.1, 0.15) is 18.0 Å². The van der Waals surface area contributed by atoms with Crippen molar-refractivity contribution in [2.75, 3.05) is 0 Å². The van der Waals surface area contributed by atoms with Gasteiger partial charge in [0.15, 0.2) is 0 Å². The first-order chi connectivity index (χ1) is 6.79. The summed E-state index contributed by atoms with van der Waals surface area (Å²) in [6.07, 6.45) is 1.68. The Labute approximate surface area is 87.4 Å². The van der Waals surface area contributed by atoms with Gasteiger partial charge in [0.25, 0.3) is 0 Å². The lowest BCUT2D eigenvalue weighted by Crippen LogP contribution is -2.31. The summed E-state index contributed by atoms with van der Waals surface area (Å²) >= 11 is 5.88. The minimum absolute atomic E-state index is 0.0982. The summed E-state index contributed by atoms with van der Waals surface area (Å²) in [4.78, 5) is 10.5. The molecule has 0 amide bonds. The first-order valence-electron chi connectivity index (χ1n) is 4.51. The van der Waals surface area contributed by atoms with E-state index >= 15 is 0 Å². The van der Waals surface area contributed by atoms with E-state index in [1.165, 1.54) is 0 Å². The largest absolute Gasteiger partial charge is 0.302 e. The van der Waals surface area contributed by atoms with E-state index in [4.69, 9.17) is 11.6 Å². The van der Waals surface area contributed by atoms with Crippen LogP contribution in [0.5, 0.6) is 0 Å². The molecular formula is C10H11ClN2O. The molecule has 1 aliphatic heterocycles. The second-order valence-corrected chi connectivity index (χ2v) is 3.81. The van der Waals surface area contributed by atoms with E-state index in [-0.39, 0.29) is 12.1 Å². The van der Waals surface area contributed by atoms with Crippen molar-refractivity contribution in [2.45, 2.75) is 18.5 Å². The maximum absolute atomic E-state index is 10.5. The quantitative estimate of drug-likeness (QED) is 0.726. The molecule has 2 rings (SSSR count). The van der Waals surface area contributed by atoms with Gasteiger partial charge in [-0.05, 0) is 24.1 Å². The highest BCUT2D eigenvalue weighted by molar-refractivity contribution is 6.30. The molecule has 0 aromatic heterocycles. The van der Waals surface area contributed by atoms with Gasteiger partial charge in [-0.3, -0.25) is 0 Å². The highest BCUT2D eigenvalue weighted by atomic mass is 35.5. The maximum atomic E-state index is 10.5. The van der Waals surface area contributed by atoms with Gasteiger partial charge >= 0.3 is 0 Å². The Morgan fingerprint density at radius 3 is 2.93 bits per heavy atom. The highest BCUT2D eigenvalue weighted by Gasteiger charge is 2.24. The van der Waals surface area contributed by atoms with Gasteiger partial charge in [-0.1, -0.05) is 23.7 Å². The van der Waals surface area contributed by atoms with Crippen molar-refractivity contribution < 1.29 is 4.79 Å². The molecule has 2 N–H and O–H groups in total. The Bertz CT molecular complexity index is 343. The predicted molar refractivity (Wildman–Crippen MR) is 54.9 cm³/mol. The fourth-order valence-corrected chi connectivity index (χ4v) is 1.81. The van der Waals surface area contributed by atoms with Gasteiger partial charge in [-0.25, -0.2) is 10.9 Å². The Morgan fingerprint density at radius 1 is 1.43 bits per heavy atom. The molecule has 0 spiro atoms. The molecule has 14 heavy (non-hydrogen) atoms. The fourth-order valence-electron chi connectivity index (χ4n) is 1.61. The number of carbonyl (C=O) groups is 1. The Hall–Kier alpha value is -0.900. The van der Waals surface area contributed by atoms with Gasteiger partial charge in [-0.15, -0.1) is 0 Å². The number of hydrogen-bond donors (Lipinski definition) is 2. The van der Waals surface area contributed by atoms with Gasteiger partial charge in [-0.2, -0.15) is 0 Å². The lowest BCUT2D eigenvalue weighted by atomic mass is 10.0. The molecule has 1 saturated heterocycles. The summed E-state index contributed by atoms with van der Waals surface area (Å²) in [6.45, 7) is 0.